The van der Waals surface area contributed by atoms with Gasteiger partial charge in [-0.2, -0.15) is 0 Å². The van der Waals surface area contributed by atoms with Gasteiger partial charge in [0.2, 0.25) is 0 Å². The Morgan fingerprint density at radius 3 is 2.53 bits per heavy atom. The average molecular weight is 426 g/mol. The van der Waals surface area contributed by atoms with Crippen molar-refractivity contribution in [2.45, 2.75) is 13.2 Å². The van der Waals surface area contributed by atoms with Gasteiger partial charge in [-0.1, -0.05) is 48.5 Å². The number of aromatic nitrogens is 2. The van der Waals surface area contributed by atoms with Crippen LogP contribution in [0.5, 0.6) is 17.2 Å². The highest BCUT2D eigenvalue weighted by Gasteiger charge is 2.15. The third-order valence-electron chi connectivity index (χ3n) is 5.60. The van der Waals surface area contributed by atoms with Crippen molar-refractivity contribution in [3.05, 3.63) is 100 Å². The second kappa shape index (κ2) is 8.15. The summed E-state index contributed by atoms with van der Waals surface area (Å²) in [5, 5.41) is 12.1. The molecule has 2 aromatic heterocycles. The molecule has 0 saturated heterocycles. The van der Waals surface area contributed by atoms with Gasteiger partial charge in [0, 0.05) is 22.5 Å². The van der Waals surface area contributed by atoms with Crippen molar-refractivity contribution in [3.8, 4) is 17.2 Å². The number of pyridine rings is 1. The maximum Gasteiger partial charge on any atom is 0.275 e. The van der Waals surface area contributed by atoms with Crippen LogP contribution in [-0.4, -0.2) is 21.8 Å². The predicted molar refractivity (Wildman–Crippen MR) is 125 cm³/mol. The second-order valence-electron chi connectivity index (χ2n) is 7.58. The molecule has 5 rings (SSSR count). The summed E-state index contributed by atoms with van der Waals surface area (Å²) in [4.78, 5) is 16.5. The van der Waals surface area contributed by atoms with Gasteiger partial charge in [0.25, 0.3) is 5.56 Å². The van der Waals surface area contributed by atoms with Gasteiger partial charge in [0.15, 0.2) is 11.5 Å². The standard InChI is InChI=1S/C26H22N2O4/c1-31-22-12-5-9-18(25(22)29)15-28-14-13-19-23-20(27-24(19)26(28)30)10-6-11-21(23)32-16-17-7-3-2-4-8-17/h2-14,27,29H,15-16H2,1H3. The minimum Gasteiger partial charge on any atom is -0.504 e. The second-order valence-corrected chi connectivity index (χ2v) is 7.58. The summed E-state index contributed by atoms with van der Waals surface area (Å²) in [7, 11) is 1.50. The maximum atomic E-state index is 13.2. The Morgan fingerprint density at radius 2 is 1.72 bits per heavy atom. The number of ether oxygens (including phenoxy) is 2. The van der Waals surface area contributed by atoms with E-state index in [9.17, 15) is 9.90 Å². The van der Waals surface area contributed by atoms with E-state index in [1.807, 2.05) is 54.6 Å². The van der Waals surface area contributed by atoms with Crippen molar-refractivity contribution in [2.75, 3.05) is 7.11 Å². The molecule has 0 radical (unpaired) electrons. The van der Waals surface area contributed by atoms with E-state index < -0.39 is 0 Å². The Bertz CT molecular complexity index is 1470. The molecular weight excluding hydrogens is 404 g/mol. The van der Waals surface area contributed by atoms with Gasteiger partial charge >= 0.3 is 0 Å². The fourth-order valence-corrected chi connectivity index (χ4v) is 3.97. The number of phenolic OH excluding ortho intramolecular Hbond substituents is 1. The predicted octanol–water partition coefficient (Wildman–Crippen LogP) is 4.82. The van der Waals surface area contributed by atoms with Gasteiger partial charge in [-0.05, 0) is 29.8 Å². The minimum atomic E-state index is -0.171. The van der Waals surface area contributed by atoms with Gasteiger partial charge in [-0.15, -0.1) is 0 Å². The summed E-state index contributed by atoms with van der Waals surface area (Å²) in [6.45, 7) is 0.670. The lowest BCUT2D eigenvalue weighted by atomic mass is 10.1. The van der Waals surface area contributed by atoms with Crippen LogP contribution in [0, 0.1) is 0 Å². The van der Waals surface area contributed by atoms with Crippen molar-refractivity contribution in [1.29, 1.82) is 0 Å². The summed E-state index contributed by atoms with van der Waals surface area (Å²) in [5.74, 6) is 1.14. The molecule has 0 saturated carbocycles. The van der Waals surface area contributed by atoms with Crippen molar-refractivity contribution in [2.24, 2.45) is 0 Å². The Hall–Kier alpha value is -4.19. The van der Waals surface area contributed by atoms with Crippen molar-refractivity contribution < 1.29 is 14.6 Å². The van der Waals surface area contributed by atoms with Crippen LogP contribution in [0.1, 0.15) is 11.1 Å². The molecule has 0 amide bonds. The monoisotopic (exact) mass is 426 g/mol. The Kier molecular flexibility index (Phi) is 5.03. The van der Waals surface area contributed by atoms with Crippen LogP contribution >= 0.6 is 0 Å². The third kappa shape index (κ3) is 3.46. The van der Waals surface area contributed by atoms with Crippen LogP contribution in [0.15, 0.2) is 83.8 Å². The fourth-order valence-electron chi connectivity index (χ4n) is 3.97. The number of fused-ring (bicyclic) bond motifs is 3. The lowest BCUT2D eigenvalue weighted by Gasteiger charge is -2.11. The molecule has 0 aliphatic heterocycles. The molecule has 3 aromatic carbocycles. The van der Waals surface area contributed by atoms with Gasteiger partial charge < -0.3 is 24.1 Å². The van der Waals surface area contributed by atoms with Crippen LogP contribution in [0.2, 0.25) is 0 Å². The molecule has 160 valence electrons. The largest absolute Gasteiger partial charge is 0.504 e. The van der Waals surface area contributed by atoms with Crippen molar-refractivity contribution >= 4 is 21.8 Å². The zero-order chi connectivity index (χ0) is 22.1. The van der Waals surface area contributed by atoms with Gasteiger partial charge in [-0.3, -0.25) is 4.79 Å². The normalized spacial score (nSPS) is 11.2. The highest BCUT2D eigenvalue weighted by Crippen LogP contribution is 2.33. The number of nitrogens with zero attached hydrogens (tertiary/aromatic N) is 1. The molecule has 0 fully saturated rings. The average Bonchev–Trinajstić information content (AvgIpc) is 3.21. The summed E-state index contributed by atoms with van der Waals surface area (Å²) >= 11 is 0. The molecular formula is C26H22N2O4. The number of nitrogens with one attached hydrogen (secondary N) is 1. The summed E-state index contributed by atoms with van der Waals surface area (Å²) in [5.41, 5.74) is 2.85. The van der Waals surface area contributed by atoms with E-state index in [1.165, 1.54) is 7.11 Å². The molecule has 6 nitrogen and oxygen atoms in total. The number of rotatable bonds is 6. The van der Waals surface area contributed by atoms with Gasteiger partial charge in [0.1, 0.15) is 17.9 Å². The zero-order valence-electron chi connectivity index (χ0n) is 17.5. The molecule has 32 heavy (non-hydrogen) atoms. The lowest BCUT2D eigenvalue weighted by molar-refractivity contribution is 0.310. The first-order valence-corrected chi connectivity index (χ1v) is 10.3. The SMILES string of the molecule is COc1cccc(Cn2ccc3c([nH]c4cccc(OCc5ccccc5)c43)c2=O)c1O. The molecule has 0 unspecified atom stereocenters. The molecule has 0 atom stereocenters. The van der Waals surface area contributed by atoms with Crippen LogP contribution in [0.4, 0.5) is 0 Å². The lowest BCUT2D eigenvalue weighted by Crippen LogP contribution is -2.20. The minimum absolute atomic E-state index is 0.0373. The van der Waals surface area contributed by atoms with E-state index in [1.54, 1.807) is 29.0 Å². The third-order valence-corrected chi connectivity index (χ3v) is 5.60. The Morgan fingerprint density at radius 1 is 0.938 bits per heavy atom. The van der Waals surface area contributed by atoms with E-state index in [4.69, 9.17) is 9.47 Å². The van der Waals surface area contributed by atoms with Gasteiger partial charge in [0.05, 0.1) is 19.2 Å². The number of hydrogen-bond donors (Lipinski definition) is 2. The van der Waals surface area contributed by atoms with Crippen LogP contribution in [-0.2, 0) is 13.2 Å². The van der Waals surface area contributed by atoms with E-state index in [0.717, 1.165) is 27.6 Å². The van der Waals surface area contributed by atoms with Gasteiger partial charge in [-0.25, -0.2) is 0 Å². The first kappa shape index (κ1) is 19.8. The Labute approximate surface area is 184 Å². The topological polar surface area (TPSA) is 76.5 Å². The van der Waals surface area contributed by atoms with Crippen LogP contribution in [0.25, 0.3) is 21.8 Å². The van der Waals surface area contributed by atoms with E-state index in [2.05, 4.69) is 4.98 Å². The van der Waals surface area contributed by atoms with E-state index in [0.29, 0.717) is 23.4 Å². The van der Waals surface area contributed by atoms with Crippen LogP contribution in [0.3, 0.4) is 0 Å². The highest BCUT2D eigenvalue weighted by atomic mass is 16.5. The number of aromatic hydroxyl groups is 1. The van der Waals surface area contributed by atoms with Crippen LogP contribution < -0.4 is 15.0 Å². The number of hydrogen-bond acceptors (Lipinski definition) is 4. The summed E-state index contributed by atoms with van der Waals surface area (Å²) < 4.78 is 12.8. The first-order valence-electron chi connectivity index (χ1n) is 10.3. The van der Waals surface area contributed by atoms with E-state index in [-0.39, 0.29) is 17.9 Å². The summed E-state index contributed by atoms with van der Waals surface area (Å²) in [6.07, 6.45) is 1.74. The van der Waals surface area contributed by atoms with E-state index >= 15 is 0 Å². The number of aromatic amines is 1. The molecule has 2 heterocycles. The molecule has 0 aliphatic carbocycles. The molecule has 5 aromatic rings. The highest BCUT2D eigenvalue weighted by molar-refractivity contribution is 6.10. The summed E-state index contributed by atoms with van der Waals surface area (Å²) in [6, 6.07) is 22.9. The Balaban J connectivity index is 1.54. The molecule has 0 bridgehead atoms. The number of H-pyrrole nitrogens is 1. The number of methoxy groups -OCH3 is 1. The zero-order valence-corrected chi connectivity index (χ0v) is 17.5. The number of para-hydroxylation sites is 1. The smallest absolute Gasteiger partial charge is 0.275 e. The first-order chi connectivity index (χ1) is 15.7. The molecule has 2 N–H and O–H groups in total. The number of benzene rings is 3. The maximum absolute atomic E-state index is 13.2. The number of phenols is 1. The fraction of sp³-hybridized carbons (Fsp3) is 0.115. The van der Waals surface area contributed by atoms with Crippen molar-refractivity contribution in [1.82, 2.24) is 9.55 Å². The molecule has 0 spiro atoms. The van der Waals surface area contributed by atoms with Crippen molar-refractivity contribution in [3.63, 3.8) is 0 Å². The molecule has 0 aliphatic rings. The quantitative estimate of drug-likeness (QED) is 0.408. The molecule has 6 heteroatoms.